The van der Waals surface area contributed by atoms with Crippen LogP contribution in [0, 0.1) is 0 Å². The number of aliphatic carboxylic acids is 1. The van der Waals surface area contributed by atoms with Gasteiger partial charge in [-0.25, -0.2) is 9.18 Å². The number of rotatable bonds is 6. The summed E-state index contributed by atoms with van der Waals surface area (Å²) in [7, 11) is 0. The normalized spacial score (nSPS) is 17.9. The second-order valence-corrected chi connectivity index (χ2v) is 9.20. The Morgan fingerprint density at radius 1 is 1.03 bits per heavy atom. The maximum atomic E-state index is 13.9. The molecule has 1 unspecified atom stereocenters. The molecule has 10 heteroatoms. The molecule has 2 N–H and O–H groups in total. The summed E-state index contributed by atoms with van der Waals surface area (Å²) in [6.45, 7) is -1.06. The number of anilines is 2. The number of benzene rings is 2. The summed E-state index contributed by atoms with van der Waals surface area (Å²) >= 11 is 1.56. The van der Waals surface area contributed by atoms with Crippen molar-refractivity contribution in [2.24, 2.45) is 0 Å². The predicted molar refractivity (Wildman–Crippen MR) is 124 cm³/mol. The van der Waals surface area contributed by atoms with Crippen molar-refractivity contribution in [2.75, 3.05) is 18.1 Å². The van der Waals surface area contributed by atoms with Crippen LogP contribution in [0.5, 0.6) is 0 Å². The number of carbonyl (C=O) groups is 4. The van der Waals surface area contributed by atoms with E-state index in [-0.39, 0.29) is 6.03 Å². The number of alkyl halides is 1. The second-order valence-electron chi connectivity index (χ2n) is 8.12. The van der Waals surface area contributed by atoms with Crippen LogP contribution in [0.4, 0.5) is 20.6 Å². The number of carboxylic acids is 1. The number of urea groups is 1. The lowest BCUT2D eigenvalue weighted by atomic mass is 10.0. The Labute approximate surface area is 200 Å². The summed E-state index contributed by atoms with van der Waals surface area (Å²) in [5, 5.41) is 11.4. The zero-order chi connectivity index (χ0) is 24.2. The van der Waals surface area contributed by atoms with Gasteiger partial charge in [-0.3, -0.25) is 19.3 Å². The number of likely N-dealkylation sites (tertiary alicyclic amines) is 1. The predicted octanol–water partition coefficient (Wildman–Crippen LogP) is 3.76. The smallest absolute Gasteiger partial charge is 0.329 e. The summed E-state index contributed by atoms with van der Waals surface area (Å²) in [5.74, 6) is -3.00. The van der Waals surface area contributed by atoms with E-state index in [4.69, 9.17) is 5.11 Å². The minimum Gasteiger partial charge on any atom is -0.481 e. The number of nitrogens with one attached hydrogen (secondary N) is 1. The van der Waals surface area contributed by atoms with Crippen molar-refractivity contribution in [3.05, 3.63) is 48.5 Å². The van der Waals surface area contributed by atoms with Gasteiger partial charge in [0.05, 0.1) is 17.8 Å². The molecule has 34 heavy (non-hydrogen) atoms. The molecule has 0 radical (unpaired) electrons. The van der Waals surface area contributed by atoms with Crippen LogP contribution in [0.3, 0.4) is 0 Å². The highest BCUT2D eigenvalue weighted by molar-refractivity contribution is 7.99. The largest absolute Gasteiger partial charge is 0.481 e. The summed E-state index contributed by atoms with van der Waals surface area (Å²) in [6, 6.07) is 12.2. The maximum Gasteiger partial charge on any atom is 0.329 e. The molecule has 0 spiro atoms. The van der Waals surface area contributed by atoms with Gasteiger partial charge in [0.1, 0.15) is 18.8 Å². The molecule has 0 saturated carbocycles. The number of hydrogen-bond acceptors (Lipinski definition) is 5. The van der Waals surface area contributed by atoms with Crippen LogP contribution in [-0.4, -0.2) is 59.0 Å². The summed E-state index contributed by atoms with van der Waals surface area (Å²) < 4.78 is 12.9. The first-order valence-electron chi connectivity index (χ1n) is 11.0. The minimum absolute atomic E-state index is 0.325. The Morgan fingerprint density at radius 3 is 2.24 bits per heavy atom. The number of Topliss-reactive ketones (excluding diaryl/α,β-unsaturated/α-hetero) is 1. The van der Waals surface area contributed by atoms with E-state index in [0.29, 0.717) is 37.2 Å². The molecule has 1 saturated heterocycles. The lowest BCUT2D eigenvalue weighted by Gasteiger charge is -2.40. The van der Waals surface area contributed by atoms with Gasteiger partial charge < -0.3 is 15.3 Å². The molecule has 2 heterocycles. The number of fused-ring (bicyclic) bond motifs is 2. The highest BCUT2D eigenvalue weighted by Gasteiger charge is 2.39. The van der Waals surface area contributed by atoms with E-state index in [1.165, 1.54) is 4.90 Å². The Bertz CT molecular complexity index is 1080. The quantitative estimate of drug-likeness (QED) is 0.645. The number of nitrogens with zero attached hydrogens (tertiary/aromatic N) is 2. The van der Waals surface area contributed by atoms with Gasteiger partial charge in [-0.05, 0) is 43.5 Å². The third-order valence-electron chi connectivity index (χ3n) is 5.89. The van der Waals surface area contributed by atoms with Crippen molar-refractivity contribution < 1.29 is 28.7 Å². The van der Waals surface area contributed by atoms with E-state index >= 15 is 0 Å². The number of amides is 3. The number of carboxylic acid groups (broad SMARTS) is 1. The van der Waals surface area contributed by atoms with Gasteiger partial charge in [-0.15, -0.1) is 0 Å². The zero-order valence-electron chi connectivity index (χ0n) is 18.3. The van der Waals surface area contributed by atoms with Gasteiger partial charge in [0.15, 0.2) is 5.78 Å². The first kappa shape index (κ1) is 23.7. The van der Waals surface area contributed by atoms with Crippen molar-refractivity contribution >= 4 is 46.8 Å². The first-order chi connectivity index (χ1) is 16.4. The van der Waals surface area contributed by atoms with Crippen molar-refractivity contribution in [1.29, 1.82) is 0 Å². The number of para-hydroxylation sites is 2. The van der Waals surface area contributed by atoms with Gasteiger partial charge in [0, 0.05) is 16.3 Å². The monoisotopic (exact) mass is 485 g/mol. The van der Waals surface area contributed by atoms with Crippen LogP contribution in [0.15, 0.2) is 58.3 Å². The van der Waals surface area contributed by atoms with E-state index in [2.05, 4.69) is 5.32 Å². The van der Waals surface area contributed by atoms with Gasteiger partial charge in [0.25, 0.3) is 0 Å². The van der Waals surface area contributed by atoms with E-state index in [0.717, 1.165) is 9.79 Å². The number of halogens is 1. The average Bonchev–Trinajstić information content (AvgIpc) is 2.85. The molecule has 2 aliphatic rings. The SMILES string of the molecule is O=C(O)CC(NC(=O)[C@@H]1CCCCN1C(=O)N1c2ccccc2Sc2ccccc21)C(=O)CF. The van der Waals surface area contributed by atoms with Crippen LogP contribution in [0.1, 0.15) is 25.7 Å². The fourth-order valence-corrected chi connectivity index (χ4v) is 5.31. The molecule has 0 aliphatic carbocycles. The van der Waals surface area contributed by atoms with Crippen LogP contribution >= 0.6 is 11.8 Å². The highest BCUT2D eigenvalue weighted by Crippen LogP contribution is 2.48. The van der Waals surface area contributed by atoms with E-state index < -0.39 is 42.8 Å². The standard InChI is InChI=1S/C24H24FN3O5S/c25-14-19(29)15(13-22(30)31)26-23(32)18-9-5-6-12-27(18)24(33)28-16-7-1-3-10-20(16)34-21-11-4-2-8-17(21)28/h1-4,7-8,10-11,15,18H,5-6,9,12-14H2,(H,26,32)(H,30,31)/t15?,18-/m0/s1. The van der Waals surface area contributed by atoms with Crippen molar-refractivity contribution in [2.45, 2.75) is 47.6 Å². The van der Waals surface area contributed by atoms with E-state index in [9.17, 15) is 23.6 Å². The Balaban J connectivity index is 1.63. The molecule has 2 aromatic carbocycles. The topological polar surface area (TPSA) is 107 Å². The Hall–Kier alpha value is -3.40. The lowest BCUT2D eigenvalue weighted by Crippen LogP contribution is -2.57. The molecular formula is C24H24FN3O5S. The molecule has 4 rings (SSSR count). The lowest BCUT2D eigenvalue weighted by molar-refractivity contribution is -0.140. The highest BCUT2D eigenvalue weighted by atomic mass is 32.2. The minimum atomic E-state index is -1.48. The maximum absolute atomic E-state index is 13.9. The van der Waals surface area contributed by atoms with Crippen LogP contribution in [0.25, 0.3) is 0 Å². The van der Waals surface area contributed by atoms with Crippen molar-refractivity contribution in [3.63, 3.8) is 0 Å². The third kappa shape index (κ3) is 4.77. The zero-order valence-corrected chi connectivity index (χ0v) is 19.1. The summed E-state index contributed by atoms with van der Waals surface area (Å²) in [5.41, 5.74) is 1.41. The molecule has 0 aromatic heterocycles. The molecule has 1 fully saturated rings. The Kier molecular flexibility index (Phi) is 7.16. The average molecular weight is 486 g/mol. The molecule has 2 aliphatic heterocycles. The van der Waals surface area contributed by atoms with Crippen LogP contribution < -0.4 is 10.2 Å². The molecule has 178 valence electrons. The fourth-order valence-electron chi connectivity index (χ4n) is 4.25. The number of hydrogen-bond donors (Lipinski definition) is 2. The van der Waals surface area contributed by atoms with Gasteiger partial charge in [-0.1, -0.05) is 36.0 Å². The summed E-state index contributed by atoms with van der Waals surface area (Å²) in [4.78, 5) is 54.8. The van der Waals surface area contributed by atoms with Crippen molar-refractivity contribution in [1.82, 2.24) is 10.2 Å². The molecule has 8 nitrogen and oxygen atoms in total. The Morgan fingerprint density at radius 2 is 1.65 bits per heavy atom. The van der Waals surface area contributed by atoms with Crippen LogP contribution in [0.2, 0.25) is 0 Å². The summed E-state index contributed by atoms with van der Waals surface area (Å²) in [6.07, 6.45) is 1.02. The molecular weight excluding hydrogens is 461 g/mol. The van der Waals surface area contributed by atoms with E-state index in [1.54, 1.807) is 16.7 Å². The molecule has 0 bridgehead atoms. The van der Waals surface area contributed by atoms with Crippen molar-refractivity contribution in [3.8, 4) is 0 Å². The fraction of sp³-hybridized carbons (Fsp3) is 0.333. The molecule has 2 atom stereocenters. The molecule has 2 aromatic rings. The number of ketones is 1. The van der Waals surface area contributed by atoms with Gasteiger partial charge in [0.2, 0.25) is 5.91 Å². The van der Waals surface area contributed by atoms with E-state index in [1.807, 2.05) is 48.5 Å². The third-order valence-corrected chi connectivity index (χ3v) is 7.02. The van der Waals surface area contributed by atoms with Gasteiger partial charge in [-0.2, -0.15) is 0 Å². The van der Waals surface area contributed by atoms with Crippen LogP contribution in [-0.2, 0) is 14.4 Å². The second kappa shape index (κ2) is 10.3. The number of carbonyl (C=O) groups excluding carboxylic acids is 3. The first-order valence-corrected chi connectivity index (χ1v) is 11.8. The van der Waals surface area contributed by atoms with Gasteiger partial charge >= 0.3 is 12.0 Å². The molecule has 3 amide bonds. The number of piperidine rings is 1.